The first-order chi connectivity index (χ1) is 21.8. The van der Waals surface area contributed by atoms with E-state index in [1.54, 1.807) is 35.0 Å². The third kappa shape index (κ3) is 6.86. The van der Waals surface area contributed by atoms with Crippen molar-refractivity contribution in [2.24, 2.45) is 0 Å². The van der Waals surface area contributed by atoms with Crippen LogP contribution in [0.4, 0.5) is 16.0 Å². The summed E-state index contributed by atoms with van der Waals surface area (Å²) in [6.45, 7) is 4.01. The van der Waals surface area contributed by atoms with E-state index in [1.807, 2.05) is 68.4 Å². The normalized spacial score (nSPS) is 14.1. The fraction of sp³-hybridized carbons (Fsp3) is 0.147. The Morgan fingerprint density at radius 1 is 1.00 bits per heavy atom. The van der Waals surface area contributed by atoms with Crippen LogP contribution >= 0.6 is 35.0 Å². The lowest BCUT2D eigenvalue weighted by Crippen LogP contribution is -2.31. The number of rotatable bonds is 9. The van der Waals surface area contributed by atoms with Crippen molar-refractivity contribution in [2.75, 3.05) is 10.6 Å². The number of aromatic nitrogens is 3. The van der Waals surface area contributed by atoms with Gasteiger partial charge in [-0.2, -0.15) is 4.98 Å². The van der Waals surface area contributed by atoms with Crippen LogP contribution in [0.1, 0.15) is 35.2 Å². The van der Waals surface area contributed by atoms with E-state index < -0.39 is 6.04 Å². The lowest BCUT2D eigenvalue weighted by molar-refractivity contribution is -0.113. The summed E-state index contributed by atoms with van der Waals surface area (Å²) in [5, 5.41) is 12.6. The number of carbonyl (C=O) groups excluding carboxylic acids is 1. The molecule has 1 aliphatic rings. The van der Waals surface area contributed by atoms with Crippen molar-refractivity contribution < 1.29 is 13.9 Å². The monoisotopic (exact) mass is 659 g/mol. The minimum atomic E-state index is -0.636. The molecule has 0 radical (unpaired) electrons. The predicted octanol–water partition coefficient (Wildman–Crippen LogP) is 8.83. The highest BCUT2D eigenvalue weighted by Crippen LogP contribution is 2.38. The third-order valence-corrected chi connectivity index (χ3v) is 8.84. The number of halogens is 3. The molecule has 6 rings (SSSR count). The van der Waals surface area contributed by atoms with Gasteiger partial charge in [0.2, 0.25) is 11.1 Å². The second kappa shape index (κ2) is 13.4. The number of ether oxygens (including phenoxy) is 1. The Kier molecular flexibility index (Phi) is 9.11. The second-order valence-electron chi connectivity index (χ2n) is 10.5. The molecule has 1 aromatic heterocycles. The van der Waals surface area contributed by atoms with Crippen LogP contribution in [-0.4, -0.2) is 20.7 Å². The number of hydrogen-bond donors (Lipinski definition) is 2. The molecule has 2 heterocycles. The van der Waals surface area contributed by atoms with Gasteiger partial charge in [0.05, 0.1) is 5.57 Å². The SMILES string of the molecule is CC1=C(C(=O)Nc2ccccc2C)C(c2cccc(OCc3ccc(Cl)cc3Cl)c2)n2nc(SCc3ccccc3F)nc2N1. The molecule has 0 aliphatic carbocycles. The van der Waals surface area contributed by atoms with Gasteiger partial charge in [0, 0.05) is 32.7 Å². The first-order valence-corrected chi connectivity index (χ1v) is 15.8. The number of thioether (sulfide) groups is 1. The average Bonchev–Trinajstić information content (AvgIpc) is 3.43. The molecule has 1 amide bonds. The lowest BCUT2D eigenvalue weighted by Gasteiger charge is -2.29. The highest BCUT2D eigenvalue weighted by atomic mass is 35.5. The molecule has 0 bridgehead atoms. The van der Waals surface area contributed by atoms with E-state index in [9.17, 15) is 9.18 Å². The molecular formula is C34H28Cl2FN5O2S. The number of benzene rings is 4. The number of amides is 1. The van der Waals surface area contributed by atoms with Gasteiger partial charge in [0.1, 0.15) is 24.2 Å². The lowest BCUT2D eigenvalue weighted by atomic mass is 9.94. The van der Waals surface area contributed by atoms with Gasteiger partial charge in [-0.25, -0.2) is 9.07 Å². The van der Waals surface area contributed by atoms with Gasteiger partial charge in [-0.15, -0.1) is 5.10 Å². The van der Waals surface area contributed by atoms with Gasteiger partial charge < -0.3 is 15.4 Å². The fourth-order valence-electron chi connectivity index (χ4n) is 5.03. The maximum Gasteiger partial charge on any atom is 0.255 e. The predicted molar refractivity (Wildman–Crippen MR) is 177 cm³/mol. The minimum absolute atomic E-state index is 0.229. The van der Waals surface area contributed by atoms with Crippen molar-refractivity contribution in [1.29, 1.82) is 0 Å². The zero-order valence-electron chi connectivity index (χ0n) is 24.4. The summed E-state index contributed by atoms with van der Waals surface area (Å²) in [5.41, 5.74) is 4.87. The highest BCUT2D eigenvalue weighted by molar-refractivity contribution is 7.98. The van der Waals surface area contributed by atoms with Gasteiger partial charge in [0.15, 0.2) is 0 Å². The van der Waals surface area contributed by atoms with E-state index in [-0.39, 0.29) is 18.3 Å². The molecule has 4 aromatic carbocycles. The summed E-state index contributed by atoms with van der Waals surface area (Å²) < 4.78 is 22.1. The molecule has 228 valence electrons. The Hall–Kier alpha value is -4.31. The van der Waals surface area contributed by atoms with Crippen LogP contribution in [-0.2, 0) is 17.2 Å². The summed E-state index contributed by atoms with van der Waals surface area (Å²) in [6, 6.07) is 26.4. The number of aryl methyl sites for hydroxylation is 1. The summed E-state index contributed by atoms with van der Waals surface area (Å²) in [7, 11) is 0. The number of anilines is 2. The number of nitrogens with zero attached hydrogens (tertiary/aromatic N) is 3. The first kappa shape index (κ1) is 30.7. The van der Waals surface area contributed by atoms with Gasteiger partial charge >= 0.3 is 0 Å². The topological polar surface area (TPSA) is 81.1 Å². The average molecular weight is 661 g/mol. The number of fused-ring (bicyclic) bond motifs is 1. The molecule has 45 heavy (non-hydrogen) atoms. The van der Waals surface area contributed by atoms with Crippen LogP contribution in [0.3, 0.4) is 0 Å². The van der Waals surface area contributed by atoms with Crippen molar-refractivity contribution in [3.05, 3.63) is 140 Å². The summed E-state index contributed by atoms with van der Waals surface area (Å²) >= 11 is 13.7. The Labute approximate surface area is 274 Å². The smallest absolute Gasteiger partial charge is 0.255 e. The molecule has 5 aromatic rings. The molecule has 1 unspecified atom stereocenters. The van der Waals surface area contributed by atoms with Crippen molar-refractivity contribution in [2.45, 2.75) is 37.4 Å². The Balaban J connectivity index is 1.34. The van der Waals surface area contributed by atoms with Crippen LogP contribution in [0.25, 0.3) is 0 Å². The van der Waals surface area contributed by atoms with Gasteiger partial charge in [0.25, 0.3) is 5.91 Å². The van der Waals surface area contributed by atoms with Crippen LogP contribution < -0.4 is 15.4 Å². The number of hydrogen-bond acceptors (Lipinski definition) is 6. The molecule has 0 fully saturated rings. The first-order valence-electron chi connectivity index (χ1n) is 14.1. The number of allylic oxidation sites excluding steroid dienone is 1. The van der Waals surface area contributed by atoms with Crippen LogP contribution in [0, 0.1) is 12.7 Å². The van der Waals surface area contributed by atoms with Gasteiger partial charge in [-0.3, -0.25) is 4.79 Å². The zero-order chi connectivity index (χ0) is 31.5. The third-order valence-electron chi connectivity index (χ3n) is 7.37. The number of para-hydroxylation sites is 1. The van der Waals surface area contributed by atoms with Crippen LogP contribution in [0.15, 0.2) is 107 Å². The molecule has 0 spiro atoms. The van der Waals surface area contributed by atoms with Crippen molar-refractivity contribution in [3.8, 4) is 5.75 Å². The molecule has 1 atom stereocenters. The van der Waals surface area contributed by atoms with E-state index in [0.717, 1.165) is 16.7 Å². The number of carbonyl (C=O) groups is 1. The largest absolute Gasteiger partial charge is 0.489 e. The molecule has 2 N–H and O–H groups in total. The Morgan fingerprint density at radius 3 is 2.60 bits per heavy atom. The molecular weight excluding hydrogens is 632 g/mol. The summed E-state index contributed by atoms with van der Waals surface area (Å²) in [5.74, 6) is 0.851. The van der Waals surface area contributed by atoms with E-state index in [1.165, 1.54) is 17.8 Å². The second-order valence-corrected chi connectivity index (χ2v) is 12.3. The van der Waals surface area contributed by atoms with E-state index in [0.29, 0.717) is 55.2 Å². The highest BCUT2D eigenvalue weighted by Gasteiger charge is 2.35. The Morgan fingerprint density at radius 2 is 1.80 bits per heavy atom. The van der Waals surface area contributed by atoms with E-state index in [2.05, 4.69) is 15.6 Å². The fourth-order valence-corrected chi connectivity index (χ4v) is 6.31. The van der Waals surface area contributed by atoms with E-state index >= 15 is 0 Å². The number of nitrogens with one attached hydrogen (secondary N) is 2. The summed E-state index contributed by atoms with van der Waals surface area (Å²) in [4.78, 5) is 18.7. The molecule has 0 saturated carbocycles. The van der Waals surface area contributed by atoms with Gasteiger partial charge in [-0.1, -0.05) is 89.6 Å². The van der Waals surface area contributed by atoms with Crippen LogP contribution in [0.2, 0.25) is 10.0 Å². The maximum atomic E-state index is 14.3. The quantitative estimate of drug-likeness (QED) is 0.154. The van der Waals surface area contributed by atoms with E-state index in [4.69, 9.17) is 33.0 Å². The van der Waals surface area contributed by atoms with Crippen molar-refractivity contribution in [1.82, 2.24) is 14.8 Å². The van der Waals surface area contributed by atoms with Crippen molar-refractivity contribution >= 4 is 52.5 Å². The van der Waals surface area contributed by atoms with Gasteiger partial charge in [-0.05, 0) is 66.9 Å². The maximum absolute atomic E-state index is 14.3. The summed E-state index contributed by atoms with van der Waals surface area (Å²) in [6.07, 6.45) is 0. The minimum Gasteiger partial charge on any atom is -0.489 e. The van der Waals surface area contributed by atoms with Crippen LogP contribution in [0.5, 0.6) is 5.75 Å². The zero-order valence-corrected chi connectivity index (χ0v) is 26.7. The molecule has 0 saturated heterocycles. The molecule has 1 aliphatic heterocycles. The molecule has 11 heteroatoms. The standard InChI is InChI=1S/C34H28Cl2FN5O2S/c1-20-8-3-6-13-29(20)39-32(43)30-21(2)38-33-40-34(45-19-24-9-4-5-12-28(24)37)41-42(33)31(30)22-10-7-11-26(16-22)44-18-23-14-15-25(35)17-27(23)36/h3-17,31H,18-19H2,1-2H3,(H,39,43)(H,38,40,41). The van der Waals surface area contributed by atoms with Crippen molar-refractivity contribution in [3.63, 3.8) is 0 Å². The Bertz CT molecular complexity index is 1930. The molecule has 7 nitrogen and oxygen atoms in total.